The summed E-state index contributed by atoms with van der Waals surface area (Å²) in [4.78, 5) is 25.3. The van der Waals surface area contributed by atoms with E-state index in [1.807, 2.05) is 26.0 Å². The molecule has 2 N–H and O–H groups in total. The standard InChI is InChI=1S/C21H26N2O5/c1-13-8-15(9-14(2)20(13)27-5)11-23(3)21(25)16-6-7-17(18(10-16)26-4)28-12-19(22)24/h6-10H,11-12H2,1-5H3,(H2,22,24). The zero-order chi connectivity index (χ0) is 20.8. The fourth-order valence-electron chi connectivity index (χ4n) is 3.09. The Morgan fingerprint density at radius 3 is 2.18 bits per heavy atom. The van der Waals surface area contributed by atoms with Crippen LogP contribution in [-0.2, 0) is 11.3 Å². The molecule has 0 aromatic heterocycles. The minimum Gasteiger partial charge on any atom is -0.496 e. The smallest absolute Gasteiger partial charge is 0.255 e. The fraction of sp³-hybridized carbons (Fsp3) is 0.333. The molecule has 0 saturated carbocycles. The molecule has 0 heterocycles. The van der Waals surface area contributed by atoms with E-state index in [2.05, 4.69) is 0 Å². The summed E-state index contributed by atoms with van der Waals surface area (Å²) in [5.41, 5.74) is 8.60. The summed E-state index contributed by atoms with van der Waals surface area (Å²) in [7, 11) is 4.85. The van der Waals surface area contributed by atoms with Crippen LogP contribution in [0.2, 0.25) is 0 Å². The Bertz CT molecular complexity index is 856. The highest BCUT2D eigenvalue weighted by molar-refractivity contribution is 5.94. The van der Waals surface area contributed by atoms with Gasteiger partial charge in [0.1, 0.15) is 5.75 Å². The number of amides is 2. The molecule has 0 aliphatic carbocycles. The second-order valence-corrected chi connectivity index (χ2v) is 6.54. The predicted molar refractivity (Wildman–Crippen MR) is 106 cm³/mol. The van der Waals surface area contributed by atoms with E-state index in [1.54, 1.807) is 37.3 Å². The van der Waals surface area contributed by atoms with Crippen molar-refractivity contribution >= 4 is 11.8 Å². The highest BCUT2D eigenvalue weighted by Gasteiger charge is 2.16. The molecule has 2 amide bonds. The summed E-state index contributed by atoms with van der Waals surface area (Å²) in [5.74, 6) is 0.811. The van der Waals surface area contributed by atoms with Crippen LogP contribution >= 0.6 is 0 Å². The summed E-state index contributed by atoms with van der Waals surface area (Å²) >= 11 is 0. The molecule has 0 spiro atoms. The molecule has 2 aromatic carbocycles. The van der Waals surface area contributed by atoms with Crippen LogP contribution in [-0.4, -0.2) is 44.6 Å². The predicted octanol–water partition coefficient (Wildman–Crippen LogP) is 2.46. The topological polar surface area (TPSA) is 91.1 Å². The van der Waals surface area contributed by atoms with Crippen molar-refractivity contribution in [3.63, 3.8) is 0 Å². The van der Waals surface area contributed by atoms with Gasteiger partial charge in [0.15, 0.2) is 18.1 Å². The van der Waals surface area contributed by atoms with Crippen LogP contribution in [0.1, 0.15) is 27.0 Å². The normalized spacial score (nSPS) is 10.3. The summed E-state index contributed by atoms with van der Waals surface area (Å²) in [6, 6.07) is 8.82. The van der Waals surface area contributed by atoms with Gasteiger partial charge in [0.05, 0.1) is 14.2 Å². The van der Waals surface area contributed by atoms with Crippen molar-refractivity contribution in [3.05, 3.63) is 52.6 Å². The van der Waals surface area contributed by atoms with Gasteiger partial charge in [-0.05, 0) is 48.7 Å². The van der Waals surface area contributed by atoms with Crippen molar-refractivity contribution < 1.29 is 23.8 Å². The first-order valence-corrected chi connectivity index (χ1v) is 8.75. The molecule has 7 heteroatoms. The van der Waals surface area contributed by atoms with Crippen LogP contribution in [0.4, 0.5) is 0 Å². The number of carbonyl (C=O) groups is 2. The van der Waals surface area contributed by atoms with E-state index >= 15 is 0 Å². The van der Waals surface area contributed by atoms with Gasteiger partial charge in [-0.3, -0.25) is 9.59 Å². The first kappa shape index (κ1) is 21.1. The van der Waals surface area contributed by atoms with Crippen LogP contribution in [0.5, 0.6) is 17.2 Å². The number of carbonyl (C=O) groups excluding carboxylic acids is 2. The van der Waals surface area contributed by atoms with E-state index in [9.17, 15) is 9.59 Å². The van der Waals surface area contributed by atoms with Gasteiger partial charge in [0, 0.05) is 19.2 Å². The molecule has 0 bridgehead atoms. The van der Waals surface area contributed by atoms with E-state index < -0.39 is 5.91 Å². The molecule has 0 aliphatic heterocycles. The van der Waals surface area contributed by atoms with Gasteiger partial charge in [-0.1, -0.05) is 12.1 Å². The molecule has 0 aliphatic rings. The Balaban J connectivity index is 2.17. The maximum absolute atomic E-state index is 12.8. The molecule has 0 fully saturated rings. The number of aryl methyl sites for hydroxylation is 2. The van der Waals surface area contributed by atoms with E-state index in [0.717, 1.165) is 22.4 Å². The van der Waals surface area contributed by atoms with Gasteiger partial charge in [-0.15, -0.1) is 0 Å². The maximum Gasteiger partial charge on any atom is 0.255 e. The Morgan fingerprint density at radius 1 is 1.00 bits per heavy atom. The lowest BCUT2D eigenvalue weighted by Gasteiger charge is -2.20. The van der Waals surface area contributed by atoms with Gasteiger partial charge in [0.25, 0.3) is 11.8 Å². The largest absolute Gasteiger partial charge is 0.496 e. The minimum atomic E-state index is -0.591. The lowest BCUT2D eigenvalue weighted by atomic mass is 10.0. The van der Waals surface area contributed by atoms with Crippen LogP contribution < -0.4 is 19.9 Å². The molecule has 0 radical (unpaired) electrons. The van der Waals surface area contributed by atoms with Crippen molar-refractivity contribution in [1.82, 2.24) is 4.90 Å². The summed E-state index contributed by atoms with van der Waals surface area (Å²) in [6.07, 6.45) is 0. The highest BCUT2D eigenvalue weighted by atomic mass is 16.5. The number of methoxy groups -OCH3 is 2. The number of rotatable bonds is 8. The Morgan fingerprint density at radius 2 is 1.64 bits per heavy atom. The average Bonchev–Trinajstić information content (AvgIpc) is 2.65. The Labute approximate surface area is 165 Å². The van der Waals surface area contributed by atoms with Crippen LogP contribution in [0, 0.1) is 13.8 Å². The molecular weight excluding hydrogens is 360 g/mol. The van der Waals surface area contributed by atoms with Gasteiger partial charge >= 0.3 is 0 Å². The Kier molecular flexibility index (Phi) is 6.87. The third kappa shape index (κ3) is 4.94. The molecule has 0 atom stereocenters. The second-order valence-electron chi connectivity index (χ2n) is 6.54. The second kappa shape index (κ2) is 9.12. The summed E-state index contributed by atoms with van der Waals surface area (Å²) in [6.45, 7) is 4.14. The van der Waals surface area contributed by atoms with Crippen molar-refractivity contribution in [2.24, 2.45) is 5.73 Å². The first-order chi connectivity index (χ1) is 13.3. The SMILES string of the molecule is COc1cc(C(=O)N(C)Cc2cc(C)c(OC)c(C)c2)ccc1OCC(N)=O. The molecule has 7 nitrogen and oxygen atoms in total. The zero-order valence-electron chi connectivity index (χ0n) is 16.9. The number of ether oxygens (including phenoxy) is 3. The molecule has 28 heavy (non-hydrogen) atoms. The van der Waals surface area contributed by atoms with Crippen LogP contribution in [0.3, 0.4) is 0 Å². The third-order valence-corrected chi connectivity index (χ3v) is 4.27. The van der Waals surface area contributed by atoms with Crippen LogP contribution in [0.15, 0.2) is 30.3 Å². The third-order valence-electron chi connectivity index (χ3n) is 4.27. The average molecular weight is 386 g/mol. The van der Waals surface area contributed by atoms with Gasteiger partial charge in [-0.2, -0.15) is 0 Å². The Hall–Kier alpha value is -3.22. The van der Waals surface area contributed by atoms with Crippen molar-refractivity contribution in [3.8, 4) is 17.2 Å². The molecule has 2 rings (SSSR count). The van der Waals surface area contributed by atoms with Crippen molar-refractivity contribution in [1.29, 1.82) is 0 Å². The van der Waals surface area contributed by atoms with E-state index in [-0.39, 0.29) is 12.5 Å². The van der Waals surface area contributed by atoms with Crippen LogP contribution in [0.25, 0.3) is 0 Å². The molecule has 0 saturated heterocycles. The summed E-state index contributed by atoms with van der Waals surface area (Å²) < 4.78 is 15.9. The van der Waals surface area contributed by atoms with Gasteiger partial charge < -0.3 is 24.8 Å². The van der Waals surface area contributed by atoms with Crippen molar-refractivity contribution in [2.75, 3.05) is 27.9 Å². The number of hydrogen-bond acceptors (Lipinski definition) is 5. The first-order valence-electron chi connectivity index (χ1n) is 8.75. The van der Waals surface area contributed by atoms with Gasteiger partial charge in [0.2, 0.25) is 0 Å². The number of hydrogen-bond donors (Lipinski definition) is 1. The molecule has 0 unspecified atom stereocenters. The number of nitrogens with zero attached hydrogens (tertiary/aromatic N) is 1. The number of nitrogens with two attached hydrogens (primary N) is 1. The molecular formula is C21H26N2O5. The summed E-state index contributed by atoms with van der Waals surface area (Å²) in [5, 5.41) is 0. The quantitative estimate of drug-likeness (QED) is 0.752. The molecule has 2 aromatic rings. The lowest BCUT2D eigenvalue weighted by molar-refractivity contribution is -0.119. The maximum atomic E-state index is 12.8. The van der Waals surface area contributed by atoms with Crippen molar-refractivity contribution in [2.45, 2.75) is 20.4 Å². The highest BCUT2D eigenvalue weighted by Crippen LogP contribution is 2.29. The van der Waals surface area contributed by atoms with E-state index in [4.69, 9.17) is 19.9 Å². The van der Waals surface area contributed by atoms with E-state index in [0.29, 0.717) is 23.6 Å². The zero-order valence-corrected chi connectivity index (χ0v) is 16.9. The number of benzene rings is 2. The van der Waals surface area contributed by atoms with E-state index in [1.165, 1.54) is 7.11 Å². The fourth-order valence-corrected chi connectivity index (χ4v) is 3.09. The lowest BCUT2D eigenvalue weighted by Crippen LogP contribution is -2.26. The molecule has 150 valence electrons. The minimum absolute atomic E-state index is 0.161. The number of primary amides is 1. The van der Waals surface area contributed by atoms with Gasteiger partial charge in [-0.25, -0.2) is 0 Å². The monoisotopic (exact) mass is 386 g/mol.